The molecule has 2 aromatic carbocycles. The van der Waals surface area contributed by atoms with Gasteiger partial charge in [-0.2, -0.15) is 0 Å². The maximum Gasteiger partial charge on any atom is 0.243 e. The number of rotatable bonds is 7. The summed E-state index contributed by atoms with van der Waals surface area (Å²) >= 11 is 0. The molecular formula is C19H24N4O2. The van der Waals surface area contributed by atoms with Crippen molar-refractivity contribution in [1.82, 2.24) is 5.32 Å². The largest absolute Gasteiger partial charge is 0.355 e. The van der Waals surface area contributed by atoms with Crippen LogP contribution in [0.3, 0.4) is 0 Å². The van der Waals surface area contributed by atoms with Gasteiger partial charge in [0.15, 0.2) is 0 Å². The first-order chi connectivity index (χ1) is 12.0. The first-order valence-electron chi connectivity index (χ1n) is 8.21. The van der Waals surface area contributed by atoms with Gasteiger partial charge in [0.05, 0.1) is 12.6 Å². The number of para-hydroxylation sites is 1. The summed E-state index contributed by atoms with van der Waals surface area (Å²) in [6, 6.07) is 16.5. The highest BCUT2D eigenvalue weighted by molar-refractivity contribution is 5.95. The first-order valence-corrected chi connectivity index (χ1v) is 8.21. The van der Waals surface area contributed by atoms with Crippen LogP contribution in [0.1, 0.15) is 13.8 Å². The number of nitrogens with two attached hydrogens (primary N) is 1. The van der Waals surface area contributed by atoms with Gasteiger partial charge in [-0.15, -0.1) is 0 Å². The quantitative estimate of drug-likeness (QED) is 0.622. The van der Waals surface area contributed by atoms with E-state index in [4.69, 9.17) is 5.73 Å². The van der Waals surface area contributed by atoms with Crippen molar-refractivity contribution in [1.29, 1.82) is 0 Å². The number of amides is 2. The second kappa shape index (κ2) is 8.84. The zero-order valence-corrected chi connectivity index (χ0v) is 14.5. The molecule has 0 saturated heterocycles. The van der Waals surface area contributed by atoms with Crippen molar-refractivity contribution in [2.24, 2.45) is 11.7 Å². The number of carbonyl (C=O) groups excluding carboxylic acids is 2. The summed E-state index contributed by atoms with van der Waals surface area (Å²) in [4.78, 5) is 23.8. The van der Waals surface area contributed by atoms with Crippen LogP contribution in [0.15, 0.2) is 54.6 Å². The van der Waals surface area contributed by atoms with E-state index in [1.165, 1.54) is 0 Å². The van der Waals surface area contributed by atoms with E-state index in [1.807, 2.05) is 62.4 Å². The Bertz CT molecular complexity index is 716. The number of anilines is 3. The predicted molar refractivity (Wildman–Crippen MR) is 101 cm³/mol. The van der Waals surface area contributed by atoms with E-state index in [9.17, 15) is 9.59 Å². The SMILES string of the molecule is CC(C)[C@H](N)C(=O)NCC(=O)Nc1cccc(Nc2ccccc2)c1. The maximum atomic E-state index is 12.0. The molecule has 0 heterocycles. The molecule has 0 aromatic heterocycles. The third-order valence-electron chi connectivity index (χ3n) is 3.65. The van der Waals surface area contributed by atoms with Crippen molar-refractivity contribution in [3.05, 3.63) is 54.6 Å². The zero-order valence-electron chi connectivity index (χ0n) is 14.5. The average molecular weight is 340 g/mol. The van der Waals surface area contributed by atoms with E-state index >= 15 is 0 Å². The van der Waals surface area contributed by atoms with Gasteiger partial charge in [0.2, 0.25) is 11.8 Å². The summed E-state index contributed by atoms with van der Waals surface area (Å²) in [5.41, 5.74) is 8.20. The van der Waals surface area contributed by atoms with Crippen LogP contribution in [-0.4, -0.2) is 24.4 Å². The van der Waals surface area contributed by atoms with Crippen molar-refractivity contribution in [2.45, 2.75) is 19.9 Å². The average Bonchev–Trinajstić information content (AvgIpc) is 2.60. The smallest absolute Gasteiger partial charge is 0.243 e. The molecule has 0 aliphatic heterocycles. The zero-order chi connectivity index (χ0) is 18.2. The van der Waals surface area contributed by atoms with Gasteiger partial charge in [0, 0.05) is 17.1 Å². The van der Waals surface area contributed by atoms with E-state index in [-0.39, 0.29) is 24.3 Å². The Morgan fingerprint density at radius 1 is 0.960 bits per heavy atom. The number of hydrogen-bond donors (Lipinski definition) is 4. The van der Waals surface area contributed by atoms with E-state index in [1.54, 1.807) is 6.07 Å². The molecular weight excluding hydrogens is 316 g/mol. The van der Waals surface area contributed by atoms with Crippen molar-refractivity contribution >= 4 is 28.9 Å². The first kappa shape index (κ1) is 18.5. The van der Waals surface area contributed by atoms with Crippen LogP contribution < -0.4 is 21.7 Å². The van der Waals surface area contributed by atoms with Crippen LogP contribution in [-0.2, 0) is 9.59 Å². The summed E-state index contributed by atoms with van der Waals surface area (Å²) < 4.78 is 0. The van der Waals surface area contributed by atoms with Gasteiger partial charge in [-0.1, -0.05) is 38.1 Å². The minimum absolute atomic E-state index is 0.0174. The Morgan fingerprint density at radius 3 is 2.28 bits per heavy atom. The molecule has 6 heteroatoms. The Kier molecular flexibility index (Phi) is 6.54. The van der Waals surface area contributed by atoms with Crippen LogP contribution >= 0.6 is 0 Å². The van der Waals surface area contributed by atoms with Crippen LogP contribution in [0.5, 0.6) is 0 Å². The molecule has 0 unspecified atom stereocenters. The summed E-state index contributed by atoms with van der Waals surface area (Å²) in [6.07, 6.45) is 0. The van der Waals surface area contributed by atoms with Crippen molar-refractivity contribution in [3.63, 3.8) is 0 Å². The highest BCUT2D eigenvalue weighted by Crippen LogP contribution is 2.19. The second-order valence-electron chi connectivity index (χ2n) is 6.11. The van der Waals surface area contributed by atoms with Gasteiger partial charge in [-0.3, -0.25) is 9.59 Å². The normalized spacial score (nSPS) is 11.7. The number of nitrogens with one attached hydrogen (secondary N) is 3. The molecule has 5 N–H and O–H groups in total. The lowest BCUT2D eigenvalue weighted by Crippen LogP contribution is -2.46. The van der Waals surface area contributed by atoms with E-state index in [0.29, 0.717) is 5.69 Å². The van der Waals surface area contributed by atoms with Gasteiger partial charge in [-0.05, 0) is 36.2 Å². The number of benzene rings is 2. The fourth-order valence-electron chi connectivity index (χ4n) is 2.16. The summed E-state index contributed by atoms with van der Waals surface area (Å²) in [6.45, 7) is 3.60. The molecule has 0 aliphatic carbocycles. The Morgan fingerprint density at radius 2 is 1.60 bits per heavy atom. The fourth-order valence-corrected chi connectivity index (χ4v) is 2.16. The standard InChI is InChI=1S/C19H24N4O2/c1-13(2)18(20)19(25)21-12-17(24)23-16-10-6-9-15(11-16)22-14-7-4-3-5-8-14/h3-11,13,18,22H,12,20H2,1-2H3,(H,21,25)(H,23,24)/t18-/m0/s1. The molecule has 0 spiro atoms. The van der Waals surface area contributed by atoms with E-state index in [2.05, 4.69) is 16.0 Å². The van der Waals surface area contributed by atoms with Gasteiger partial charge in [-0.25, -0.2) is 0 Å². The molecule has 0 fully saturated rings. The minimum Gasteiger partial charge on any atom is -0.355 e. The molecule has 2 aromatic rings. The van der Waals surface area contributed by atoms with Gasteiger partial charge < -0.3 is 21.7 Å². The topological polar surface area (TPSA) is 96.2 Å². The molecule has 2 amide bonds. The number of carbonyl (C=O) groups is 2. The molecule has 0 radical (unpaired) electrons. The van der Waals surface area contributed by atoms with Gasteiger partial charge >= 0.3 is 0 Å². The molecule has 2 rings (SSSR count). The highest BCUT2D eigenvalue weighted by atomic mass is 16.2. The van der Waals surface area contributed by atoms with E-state index in [0.717, 1.165) is 11.4 Å². The van der Waals surface area contributed by atoms with Crippen LogP contribution in [0.25, 0.3) is 0 Å². The highest BCUT2D eigenvalue weighted by Gasteiger charge is 2.17. The molecule has 25 heavy (non-hydrogen) atoms. The summed E-state index contributed by atoms with van der Waals surface area (Å²) in [5.74, 6) is -0.616. The summed E-state index contributed by atoms with van der Waals surface area (Å²) in [7, 11) is 0. The Labute approximate surface area is 147 Å². The molecule has 0 saturated carbocycles. The lowest BCUT2D eigenvalue weighted by atomic mass is 10.1. The molecule has 0 aliphatic rings. The van der Waals surface area contributed by atoms with Crippen LogP contribution in [0, 0.1) is 5.92 Å². The second-order valence-corrected chi connectivity index (χ2v) is 6.11. The van der Waals surface area contributed by atoms with E-state index < -0.39 is 6.04 Å². The van der Waals surface area contributed by atoms with Crippen LogP contribution in [0.4, 0.5) is 17.1 Å². The van der Waals surface area contributed by atoms with Crippen LogP contribution in [0.2, 0.25) is 0 Å². The molecule has 1 atom stereocenters. The van der Waals surface area contributed by atoms with Gasteiger partial charge in [0.25, 0.3) is 0 Å². The lowest BCUT2D eigenvalue weighted by molar-refractivity contribution is -0.125. The molecule has 6 nitrogen and oxygen atoms in total. The molecule has 132 valence electrons. The van der Waals surface area contributed by atoms with Crippen molar-refractivity contribution < 1.29 is 9.59 Å². The Balaban J connectivity index is 1.89. The third-order valence-corrected chi connectivity index (χ3v) is 3.65. The van der Waals surface area contributed by atoms with Crippen molar-refractivity contribution in [2.75, 3.05) is 17.2 Å². The van der Waals surface area contributed by atoms with Crippen molar-refractivity contribution in [3.8, 4) is 0 Å². The summed E-state index contributed by atoms with van der Waals surface area (Å²) in [5, 5.41) is 8.56. The maximum absolute atomic E-state index is 12.0. The number of hydrogen-bond acceptors (Lipinski definition) is 4. The molecule has 0 bridgehead atoms. The lowest BCUT2D eigenvalue weighted by Gasteiger charge is -2.15. The van der Waals surface area contributed by atoms with Gasteiger partial charge in [0.1, 0.15) is 0 Å². The predicted octanol–water partition coefficient (Wildman–Crippen LogP) is 2.47. The third kappa shape index (κ3) is 5.93. The fraction of sp³-hybridized carbons (Fsp3) is 0.263. The Hall–Kier alpha value is -2.86. The monoisotopic (exact) mass is 340 g/mol. The minimum atomic E-state index is -0.619.